The van der Waals surface area contributed by atoms with Crippen molar-refractivity contribution in [2.75, 3.05) is 39.3 Å². The van der Waals surface area contributed by atoms with Gasteiger partial charge in [-0.05, 0) is 24.6 Å². The number of likely N-dealkylation sites (tertiary alicyclic amines) is 1. The van der Waals surface area contributed by atoms with Crippen LogP contribution in [-0.2, 0) is 17.7 Å². The standard InChI is InChI=1S/C24H32N4O2.HI/c1-19(2)15-26-24(25-11-10-21-9-6-13-29-21)28-17-22-23(18-28)30-14-12-27(22)16-20-7-4-3-5-8-20;/h3-9,13,22-23H,1,10-12,14-18H2,2H3,(H,25,26);1H. The van der Waals surface area contributed by atoms with Crippen LogP contribution in [0.3, 0.4) is 0 Å². The third-order valence-corrected chi connectivity index (χ3v) is 5.68. The summed E-state index contributed by atoms with van der Waals surface area (Å²) in [7, 11) is 0. The van der Waals surface area contributed by atoms with E-state index >= 15 is 0 Å². The maximum absolute atomic E-state index is 6.14. The first-order valence-electron chi connectivity index (χ1n) is 10.8. The van der Waals surface area contributed by atoms with Crippen molar-refractivity contribution in [2.45, 2.75) is 32.0 Å². The van der Waals surface area contributed by atoms with Gasteiger partial charge in [-0.2, -0.15) is 0 Å². The molecule has 168 valence electrons. The molecule has 2 fully saturated rings. The van der Waals surface area contributed by atoms with E-state index in [9.17, 15) is 0 Å². The Morgan fingerprint density at radius 3 is 2.77 bits per heavy atom. The fourth-order valence-electron chi connectivity index (χ4n) is 4.18. The van der Waals surface area contributed by atoms with Gasteiger partial charge in [-0.3, -0.25) is 4.90 Å². The molecular weight excluding hydrogens is 503 g/mol. The Hall–Kier alpha value is -1.84. The number of morpholine rings is 1. The number of fused-ring (bicyclic) bond motifs is 1. The van der Waals surface area contributed by atoms with Crippen molar-refractivity contribution in [3.8, 4) is 0 Å². The average molecular weight is 536 g/mol. The van der Waals surface area contributed by atoms with E-state index in [1.807, 2.05) is 19.1 Å². The predicted molar refractivity (Wildman–Crippen MR) is 135 cm³/mol. The smallest absolute Gasteiger partial charge is 0.194 e. The normalized spacial score (nSPS) is 21.5. The van der Waals surface area contributed by atoms with Crippen molar-refractivity contribution in [2.24, 2.45) is 4.99 Å². The molecule has 1 aromatic carbocycles. The summed E-state index contributed by atoms with van der Waals surface area (Å²) in [6.07, 6.45) is 2.76. The lowest BCUT2D eigenvalue weighted by molar-refractivity contribution is -0.0502. The molecule has 0 radical (unpaired) electrons. The maximum atomic E-state index is 6.14. The van der Waals surface area contributed by atoms with E-state index in [1.54, 1.807) is 6.26 Å². The van der Waals surface area contributed by atoms with Crippen LogP contribution in [0.1, 0.15) is 18.2 Å². The van der Waals surface area contributed by atoms with Crippen molar-refractivity contribution in [1.82, 2.24) is 15.1 Å². The molecule has 2 aliphatic rings. The van der Waals surface area contributed by atoms with Gasteiger partial charge in [0.25, 0.3) is 0 Å². The molecule has 0 amide bonds. The fourth-order valence-corrected chi connectivity index (χ4v) is 4.18. The first-order valence-corrected chi connectivity index (χ1v) is 10.8. The molecule has 2 aliphatic heterocycles. The summed E-state index contributed by atoms with van der Waals surface area (Å²) >= 11 is 0. The first kappa shape index (κ1) is 23.8. The van der Waals surface area contributed by atoms with Crippen LogP contribution in [0.15, 0.2) is 70.3 Å². The van der Waals surface area contributed by atoms with Gasteiger partial charge in [-0.1, -0.05) is 42.5 Å². The van der Waals surface area contributed by atoms with Gasteiger partial charge in [0.2, 0.25) is 0 Å². The minimum atomic E-state index is 0. The number of guanidine groups is 1. The van der Waals surface area contributed by atoms with Crippen molar-refractivity contribution in [3.63, 3.8) is 0 Å². The fraction of sp³-hybridized carbons (Fsp3) is 0.458. The number of hydrogen-bond acceptors (Lipinski definition) is 4. The third-order valence-electron chi connectivity index (χ3n) is 5.68. The van der Waals surface area contributed by atoms with E-state index in [0.29, 0.717) is 12.6 Å². The molecule has 31 heavy (non-hydrogen) atoms. The molecule has 4 rings (SSSR count). The first-order chi connectivity index (χ1) is 14.7. The molecule has 2 atom stereocenters. The zero-order chi connectivity index (χ0) is 20.8. The second-order valence-electron chi connectivity index (χ2n) is 8.19. The zero-order valence-electron chi connectivity index (χ0n) is 18.2. The molecular formula is C24H33IN4O2. The SMILES string of the molecule is C=C(C)CN=C(NCCc1ccco1)N1CC2OCCN(Cc3ccccc3)C2C1.I. The number of benzene rings is 1. The molecule has 2 aromatic rings. The lowest BCUT2D eigenvalue weighted by Crippen LogP contribution is -2.50. The Morgan fingerprint density at radius 2 is 2.03 bits per heavy atom. The molecule has 0 bridgehead atoms. The van der Waals surface area contributed by atoms with Crippen LogP contribution in [0.25, 0.3) is 0 Å². The quantitative estimate of drug-likeness (QED) is 0.254. The Morgan fingerprint density at radius 1 is 1.19 bits per heavy atom. The van der Waals surface area contributed by atoms with Gasteiger partial charge in [-0.25, -0.2) is 4.99 Å². The maximum Gasteiger partial charge on any atom is 0.194 e. The van der Waals surface area contributed by atoms with Gasteiger partial charge in [0, 0.05) is 39.1 Å². The Bertz CT molecular complexity index is 841. The van der Waals surface area contributed by atoms with Gasteiger partial charge in [0.1, 0.15) is 5.76 Å². The molecule has 6 nitrogen and oxygen atoms in total. The average Bonchev–Trinajstić information content (AvgIpc) is 3.41. The molecule has 2 unspecified atom stereocenters. The lowest BCUT2D eigenvalue weighted by atomic mass is 10.1. The van der Waals surface area contributed by atoms with Gasteiger partial charge in [0.05, 0.1) is 31.6 Å². The monoisotopic (exact) mass is 536 g/mol. The number of rotatable bonds is 7. The van der Waals surface area contributed by atoms with Crippen LogP contribution in [0, 0.1) is 0 Å². The number of nitrogens with zero attached hydrogens (tertiary/aromatic N) is 3. The van der Waals surface area contributed by atoms with Crippen molar-refractivity contribution in [1.29, 1.82) is 0 Å². The van der Waals surface area contributed by atoms with Gasteiger partial charge < -0.3 is 19.4 Å². The van der Waals surface area contributed by atoms with Gasteiger partial charge in [0.15, 0.2) is 5.96 Å². The highest BCUT2D eigenvalue weighted by atomic mass is 127. The van der Waals surface area contributed by atoms with Crippen LogP contribution < -0.4 is 5.32 Å². The second kappa shape index (κ2) is 11.7. The number of ether oxygens (including phenoxy) is 1. The number of furan rings is 1. The number of halogens is 1. The van der Waals surface area contributed by atoms with Crippen LogP contribution in [-0.4, -0.2) is 67.2 Å². The summed E-state index contributed by atoms with van der Waals surface area (Å²) in [4.78, 5) is 9.71. The lowest BCUT2D eigenvalue weighted by Gasteiger charge is -2.36. The summed E-state index contributed by atoms with van der Waals surface area (Å²) in [6, 6.07) is 15.0. The third kappa shape index (κ3) is 6.57. The Kier molecular flexibility index (Phi) is 8.98. The summed E-state index contributed by atoms with van der Waals surface area (Å²) in [5.41, 5.74) is 2.41. The zero-order valence-corrected chi connectivity index (χ0v) is 20.5. The Labute approximate surface area is 202 Å². The topological polar surface area (TPSA) is 53.2 Å². The summed E-state index contributed by atoms with van der Waals surface area (Å²) < 4.78 is 11.6. The minimum absolute atomic E-state index is 0. The highest BCUT2D eigenvalue weighted by molar-refractivity contribution is 14.0. The van der Waals surface area contributed by atoms with E-state index in [-0.39, 0.29) is 30.1 Å². The van der Waals surface area contributed by atoms with Crippen LogP contribution >= 0.6 is 24.0 Å². The molecule has 0 saturated carbocycles. The minimum Gasteiger partial charge on any atom is -0.469 e. The van der Waals surface area contributed by atoms with E-state index in [2.05, 4.69) is 52.0 Å². The summed E-state index contributed by atoms with van der Waals surface area (Å²) in [6.45, 7) is 11.9. The molecule has 0 aliphatic carbocycles. The van der Waals surface area contributed by atoms with Gasteiger partial charge in [-0.15, -0.1) is 24.0 Å². The van der Waals surface area contributed by atoms with E-state index in [1.165, 1.54) is 5.56 Å². The summed E-state index contributed by atoms with van der Waals surface area (Å²) in [5, 5.41) is 3.53. The predicted octanol–water partition coefficient (Wildman–Crippen LogP) is 3.55. The molecule has 0 spiro atoms. The van der Waals surface area contributed by atoms with Crippen molar-refractivity contribution >= 4 is 29.9 Å². The molecule has 1 N–H and O–H groups in total. The highest BCUT2D eigenvalue weighted by Gasteiger charge is 2.41. The Balaban J connectivity index is 0.00000272. The number of hydrogen-bond donors (Lipinski definition) is 1. The van der Waals surface area contributed by atoms with E-state index < -0.39 is 0 Å². The largest absolute Gasteiger partial charge is 0.469 e. The highest BCUT2D eigenvalue weighted by Crippen LogP contribution is 2.24. The van der Waals surface area contributed by atoms with Crippen molar-refractivity contribution < 1.29 is 9.15 Å². The van der Waals surface area contributed by atoms with Crippen LogP contribution in [0.4, 0.5) is 0 Å². The molecule has 1 aromatic heterocycles. The van der Waals surface area contributed by atoms with Crippen molar-refractivity contribution in [3.05, 3.63) is 72.2 Å². The summed E-state index contributed by atoms with van der Waals surface area (Å²) in [5.74, 6) is 1.91. The number of aliphatic imine (C=N–C) groups is 1. The van der Waals surface area contributed by atoms with Crippen LogP contribution in [0.2, 0.25) is 0 Å². The molecule has 2 saturated heterocycles. The molecule has 7 heteroatoms. The molecule has 3 heterocycles. The van der Waals surface area contributed by atoms with Gasteiger partial charge >= 0.3 is 0 Å². The number of nitrogens with one attached hydrogen (secondary N) is 1. The van der Waals surface area contributed by atoms with E-state index in [4.69, 9.17) is 14.1 Å². The van der Waals surface area contributed by atoms with Crippen LogP contribution in [0.5, 0.6) is 0 Å². The second-order valence-corrected chi connectivity index (χ2v) is 8.19. The van der Waals surface area contributed by atoms with E-state index in [0.717, 1.165) is 63.0 Å².